The minimum Gasteiger partial charge on any atom is -0.366 e. The average molecular weight is 321 g/mol. The second-order valence-electron chi connectivity index (χ2n) is 3.87. The normalized spacial score (nSPS) is 10.1. The Kier molecular flexibility index (Phi) is 4.40. The second kappa shape index (κ2) is 6.03. The highest BCUT2D eigenvalue weighted by Gasteiger charge is 2.11. The zero-order chi connectivity index (χ0) is 13.0. The van der Waals surface area contributed by atoms with Crippen LogP contribution in [0.3, 0.4) is 0 Å². The van der Waals surface area contributed by atoms with Crippen molar-refractivity contribution in [3.05, 3.63) is 50.6 Å². The number of hydrogen-bond donors (Lipinski definition) is 0. The predicted octanol–water partition coefficient (Wildman–Crippen LogP) is 4.41. The Balaban J connectivity index is 2.32. The molecule has 2 nitrogen and oxygen atoms in total. The minimum atomic E-state index is 0.719. The monoisotopic (exact) mass is 320 g/mol. The van der Waals surface area contributed by atoms with Crippen molar-refractivity contribution in [3.8, 4) is 6.07 Å². The lowest BCUT2D eigenvalue weighted by atomic mass is 10.1. The fraction of sp³-hybridized carbons (Fsp3) is 0.214. The van der Waals surface area contributed by atoms with Crippen molar-refractivity contribution in [2.45, 2.75) is 13.5 Å². The van der Waals surface area contributed by atoms with E-state index in [1.54, 1.807) is 11.3 Å². The lowest BCUT2D eigenvalue weighted by molar-refractivity contribution is 0.840. The zero-order valence-electron chi connectivity index (χ0n) is 10.1. The van der Waals surface area contributed by atoms with Gasteiger partial charge in [0.25, 0.3) is 0 Å². The third-order valence-corrected chi connectivity index (χ3v) is 4.08. The van der Waals surface area contributed by atoms with E-state index < -0.39 is 0 Å². The number of nitriles is 1. The van der Waals surface area contributed by atoms with Crippen LogP contribution in [0.15, 0.2) is 40.2 Å². The van der Waals surface area contributed by atoms with Crippen LogP contribution in [0.4, 0.5) is 5.69 Å². The zero-order valence-corrected chi connectivity index (χ0v) is 12.5. The van der Waals surface area contributed by atoms with E-state index in [-0.39, 0.29) is 0 Å². The van der Waals surface area contributed by atoms with Crippen LogP contribution >= 0.6 is 27.3 Å². The molecule has 2 rings (SSSR count). The number of benzene rings is 1. The van der Waals surface area contributed by atoms with Crippen molar-refractivity contribution < 1.29 is 0 Å². The third-order valence-electron chi connectivity index (χ3n) is 2.73. The molecule has 2 aromatic rings. The highest BCUT2D eigenvalue weighted by molar-refractivity contribution is 9.10. The summed E-state index contributed by atoms with van der Waals surface area (Å²) in [4.78, 5) is 3.52. The van der Waals surface area contributed by atoms with Gasteiger partial charge in [0.05, 0.1) is 17.8 Å². The maximum absolute atomic E-state index is 9.19. The van der Waals surface area contributed by atoms with Gasteiger partial charge in [0.15, 0.2) is 0 Å². The van der Waals surface area contributed by atoms with Crippen molar-refractivity contribution in [1.82, 2.24) is 0 Å². The summed E-state index contributed by atoms with van der Waals surface area (Å²) in [7, 11) is 0. The first kappa shape index (κ1) is 13.1. The van der Waals surface area contributed by atoms with Gasteiger partial charge in [-0.2, -0.15) is 5.26 Å². The molecule has 0 aliphatic heterocycles. The van der Waals surface area contributed by atoms with Gasteiger partial charge in [-0.3, -0.25) is 0 Å². The summed E-state index contributed by atoms with van der Waals surface area (Å²) < 4.78 is 1.00. The van der Waals surface area contributed by atoms with Crippen molar-refractivity contribution in [2.75, 3.05) is 11.4 Å². The smallest absolute Gasteiger partial charge is 0.101 e. The van der Waals surface area contributed by atoms with E-state index in [2.05, 4.69) is 51.3 Å². The number of thiophene rings is 1. The molecule has 0 bridgehead atoms. The van der Waals surface area contributed by atoms with Crippen LogP contribution in [0.25, 0.3) is 0 Å². The van der Waals surface area contributed by atoms with Crippen molar-refractivity contribution in [1.29, 1.82) is 5.26 Å². The van der Waals surface area contributed by atoms with E-state index in [0.29, 0.717) is 0 Å². The van der Waals surface area contributed by atoms with Gasteiger partial charge in [-0.05, 0) is 36.6 Å². The van der Waals surface area contributed by atoms with E-state index in [1.165, 1.54) is 4.88 Å². The van der Waals surface area contributed by atoms with Crippen molar-refractivity contribution >= 4 is 33.0 Å². The van der Waals surface area contributed by atoms with Crippen LogP contribution in [-0.2, 0) is 6.54 Å². The first-order valence-electron chi connectivity index (χ1n) is 5.71. The molecule has 0 saturated carbocycles. The summed E-state index contributed by atoms with van der Waals surface area (Å²) in [5, 5.41) is 11.3. The Morgan fingerprint density at radius 1 is 1.39 bits per heavy atom. The molecule has 0 radical (unpaired) electrons. The van der Waals surface area contributed by atoms with Crippen LogP contribution in [-0.4, -0.2) is 6.54 Å². The highest BCUT2D eigenvalue weighted by atomic mass is 79.9. The fourth-order valence-corrected chi connectivity index (χ4v) is 2.89. The molecule has 0 unspecified atom stereocenters. The standard InChI is InChI=1S/C14H13BrN2S/c1-2-17(10-13-4-3-7-18-13)14-8-12(15)6-5-11(14)9-16/h3-8H,2,10H2,1H3. The molecular weight excluding hydrogens is 308 g/mol. The molecule has 4 heteroatoms. The van der Waals surface area contributed by atoms with Gasteiger partial charge < -0.3 is 4.90 Å². The average Bonchev–Trinajstić information content (AvgIpc) is 2.88. The number of rotatable bonds is 4. The molecule has 1 aromatic carbocycles. The molecular formula is C14H13BrN2S. The molecule has 0 atom stereocenters. The molecule has 0 amide bonds. The van der Waals surface area contributed by atoms with Gasteiger partial charge in [-0.25, -0.2) is 0 Å². The first-order valence-corrected chi connectivity index (χ1v) is 7.39. The molecule has 18 heavy (non-hydrogen) atoms. The molecule has 1 aromatic heterocycles. The van der Waals surface area contributed by atoms with E-state index in [9.17, 15) is 5.26 Å². The van der Waals surface area contributed by atoms with Gasteiger partial charge >= 0.3 is 0 Å². The van der Waals surface area contributed by atoms with E-state index >= 15 is 0 Å². The van der Waals surface area contributed by atoms with Gasteiger partial charge in [0, 0.05) is 15.9 Å². The van der Waals surface area contributed by atoms with Crippen LogP contribution in [0.2, 0.25) is 0 Å². The largest absolute Gasteiger partial charge is 0.366 e. The number of hydrogen-bond acceptors (Lipinski definition) is 3. The van der Waals surface area contributed by atoms with Crippen LogP contribution in [0.5, 0.6) is 0 Å². The molecule has 0 aliphatic rings. The molecule has 0 aliphatic carbocycles. The van der Waals surface area contributed by atoms with E-state index in [1.807, 2.05) is 18.2 Å². The topological polar surface area (TPSA) is 27.0 Å². The summed E-state index contributed by atoms with van der Waals surface area (Å²) >= 11 is 5.21. The van der Waals surface area contributed by atoms with Gasteiger partial charge in [-0.15, -0.1) is 11.3 Å². The Labute approximate surface area is 120 Å². The Morgan fingerprint density at radius 3 is 2.83 bits per heavy atom. The lowest BCUT2D eigenvalue weighted by Gasteiger charge is -2.23. The third kappa shape index (κ3) is 2.92. The van der Waals surface area contributed by atoms with Crippen molar-refractivity contribution in [3.63, 3.8) is 0 Å². The Bertz CT molecular complexity index is 558. The SMILES string of the molecule is CCN(Cc1cccs1)c1cc(Br)ccc1C#N. The van der Waals surface area contributed by atoms with Crippen LogP contribution in [0.1, 0.15) is 17.4 Å². The number of anilines is 1. The van der Waals surface area contributed by atoms with Gasteiger partial charge in [-0.1, -0.05) is 22.0 Å². The first-order chi connectivity index (χ1) is 8.74. The Hall–Kier alpha value is -1.31. The summed E-state index contributed by atoms with van der Waals surface area (Å²) in [6.45, 7) is 3.83. The quantitative estimate of drug-likeness (QED) is 0.834. The molecule has 92 valence electrons. The Morgan fingerprint density at radius 2 is 2.22 bits per heavy atom. The molecule has 0 spiro atoms. The maximum Gasteiger partial charge on any atom is 0.101 e. The highest BCUT2D eigenvalue weighted by Crippen LogP contribution is 2.26. The van der Waals surface area contributed by atoms with Crippen LogP contribution in [0, 0.1) is 11.3 Å². The van der Waals surface area contributed by atoms with E-state index in [4.69, 9.17) is 0 Å². The summed E-state index contributed by atoms with van der Waals surface area (Å²) in [5.41, 5.74) is 1.71. The second-order valence-corrected chi connectivity index (χ2v) is 5.81. The van der Waals surface area contributed by atoms with Crippen LogP contribution < -0.4 is 4.90 Å². The fourth-order valence-electron chi connectivity index (χ4n) is 1.82. The van der Waals surface area contributed by atoms with Crippen molar-refractivity contribution in [2.24, 2.45) is 0 Å². The lowest BCUT2D eigenvalue weighted by Crippen LogP contribution is -2.22. The maximum atomic E-state index is 9.19. The molecule has 0 saturated heterocycles. The van der Waals surface area contributed by atoms with Gasteiger partial charge in [0.1, 0.15) is 6.07 Å². The summed E-state index contributed by atoms with van der Waals surface area (Å²) in [6, 6.07) is 12.2. The summed E-state index contributed by atoms with van der Waals surface area (Å²) in [6.07, 6.45) is 0. The predicted molar refractivity (Wildman–Crippen MR) is 79.9 cm³/mol. The molecule has 0 N–H and O–H groups in total. The minimum absolute atomic E-state index is 0.719. The van der Waals surface area contributed by atoms with Gasteiger partial charge in [0.2, 0.25) is 0 Å². The number of halogens is 1. The summed E-state index contributed by atoms with van der Waals surface area (Å²) in [5.74, 6) is 0. The molecule has 1 heterocycles. The number of nitrogens with zero attached hydrogens (tertiary/aromatic N) is 2. The molecule has 0 fully saturated rings. The van der Waals surface area contributed by atoms with E-state index in [0.717, 1.165) is 28.8 Å².